The Kier molecular flexibility index (Phi) is 4.62. The molecule has 0 aliphatic rings. The molecule has 2 N–H and O–H groups in total. The summed E-state index contributed by atoms with van der Waals surface area (Å²) in [5, 5.41) is 22.9. The fourth-order valence-corrected chi connectivity index (χ4v) is 2.19. The third kappa shape index (κ3) is 3.30. The number of benzene rings is 2. The van der Waals surface area contributed by atoms with E-state index in [0.29, 0.717) is 17.1 Å². The summed E-state index contributed by atoms with van der Waals surface area (Å²) in [6.45, 7) is 2.39. The summed E-state index contributed by atoms with van der Waals surface area (Å²) in [5.41, 5.74) is 2.50. The van der Waals surface area contributed by atoms with Gasteiger partial charge in [0.2, 0.25) is 0 Å². The van der Waals surface area contributed by atoms with Gasteiger partial charge in [-0.25, -0.2) is 0 Å². The molecule has 0 radical (unpaired) electrons. The summed E-state index contributed by atoms with van der Waals surface area (Å²) in [6, 6.07) is 14.3. The van der Waals surface area contributed by atoms with Crippen LogP contribution in [0, 0.1) is 18.3 Å². The quantitative estimate of drug-likeness (QED) is 0.901. The van der Waals surface area contributed by atoms with Crippen LogP contribution in [-0.4, -0.2) is 5.11 Å². The first-order valence-corrected chi connectivity index (χ1v) is 6.65. The van der Waals surface area contributed by atoms with Crippen molar-refractivity contribution >= 4 is 11.6 Å². The van der Waals surface area contributed by atoms with Gasteiger partial charge in [0.15, 0.2) is 0 Å². The lowest BCUT2D eigenvalue weighted by atomic mass is 10.0. The Labute approximate surface area is 123 Å². The molecule has 0 saturated heterocycles. The van der Waals surface area contributed by atoms with Crippen molar-refractivity contribution in [2.24, 2.45) is 0 Å². The number of hydrogen-bond donors (Lipinski definition) is 2. The Morgan fingerprint density at radius 3 is 2.75 bits per heavy atom. The number of hydrogen-bond acceptors (Lipinski definition) is 3. The van der Waals surface area contributed by atoms with Crippen LogP contribution in [0.3, 0.4) is 0 Å². The van der Waals surface area contributed by atoms with Crippen molar-refractivity contribution in [3.05, 3.63) is 64.2 Å². The maximum Gasteiger partial charge on any atom is 0.125 e. The Hall–Kier alpha value is -2.02. The number of halogens is 1. The van der Waals surface area contributed by atoms with E-state index in [-0.39, 0.29) is 5.75 Å². The maximum atomic E-state index is 9.87. The van der Waals surface area contributed by atoms with E-state index >= 15 is 0 Å². The number of aromatic hydroxyl groups is 1. The van der Waals surface area contributed by atoms with Gasteiger partial charge in [0.05, 0.1) is 6.07 Å². The Balaban J connectivity index is 2.16. The second-order valence-corrected chi connectivity index (χ2v) is 5.00. The van der Waals surface area contributed by atoms with Gasteiger partial charge in [-0.1, -0.05) is 41.4 Å². The summed E-state index contributed by atoms with van der Waals surface area (Å²) in [7, 11) is 0. The van der Waals surface area contributed by atoms with Crippen molar-refractivity contribution in [3.8, 4) is 11.8 Å². The van der Waals surface area contributed by atoms with Gasteiger partial charge in [-0.05, 0) is 30.7 Å². The third-order valence-electron chi connectivity index (χ3n) is 3.08. The highest BCUT2D eigenvalue weighted by molar-refractivity contribution is 6.31. The number of phenols is 1. The summed E-state index contributed by atoms with van der Waals surface area (Å²) in [4.78, 5) is 0. The molecule has 0 heterocycles. The highest BCUT2D eigenvalue weighted by Gasteiger charge is 2.14. The van der Waals surface area contributed by atoms with Gasteiger partial charge in [-0.15, -0.1) is 0 Å². The van der Waals surface area contributed by atoms with Crippen LogP contribution in [0.25, 0.3) is 0 Å². The molecule has 1 atom stereocenters. The van der Waals surface area contributed by atoms with Crippen LogP contribution < -0.4 is 5.32 Å². The van der Waals surface area contributed by atoms with Crippen molar-refractivity contribution < 1.29 is 5.11 Å². The van der Waals surface area contributed by atoms with E-state index < -0.39 is 6.04 Å². The first-order chi connectivity index (χ1) is 9.61. The van der Waals surface area contributed by atoms with Gasteiger partial charge >= 0.3 is 0 Å². The van der Waals surface area contributed by atoms with Crippen molar-refractivity contribution in [1.82, 2.24) is 5.32 Å². The molecule has 0 spiro atoms. The lowest BCUT2D eigenvalue weighted by Crippen LogP contribution is -2.19. The molecule has 0 aliphatic carbocycles. The van der Waals surface area contributed by atoms with Gasteiger partial charge in [-0.3, -0.25) is 5.32 Å². The molecular weight excluding hydrogens is 272 g/mol. The van der Waals surface area contributed by atoms with E-state index in [4.69, 9.17) is 11.6 Å². The van der Waals surface area contributed by atoms with E-state index in [1.54, 1.807) is 12.1 Å². The molecular formula is C16H15ClN2O. The Morgan fingerprint density at radius 2 is 2.05 bits per heavy atom. The van der Waals surface area contributed by atoms with E-state index in [9.17, 15) is 10.4 Å². The lowest BCUT2D eigenvalue weighted by Gasteiger charge is -2.14. The van der Waals surface area contributed by atoms with Crippen LogP contribution in [0.15, 0.2) is 42.5 Å². The number of nitrogens with zero attached hydrogens (tertiary/aromatic N) is 1. The molecule has 0 fully saturated rings. The largest absolute Gasteiger partial charge is 0.508 e. The molecule has 0 aliphatic heterocycles. The van der Waals surface area contributed by atoms with E-state index in [0.717, 1.165) is 11.1 Å². The van der Waals surface area contributed by atoms with Crippen molar-refractivity contribution in [2.75, 3.05) is 0 Å². The van der Waals surface area contributed by atoms with Crippen LogP contribution in [0.2, 0.25) is 5.02 Å². The molecule has 2 rings (SSSR count). The fourth-order valence-electron chi connectivity index (χ4n) is 1.98. The van der Waals surface area contributed by atoms with Crippen molar-refractivity contribution in [1.29, 1.82) is 5.26 Å². The monoisotopic (exact) mass is 286 g/mol. The first-order valence-electron chi connectivity index (χ1n) is 6.27. The van der Waals surface area contributed by atoms with Crippen LogP contribution in [-0.2, 0) is 6.54 Å². The van der Waals surface area contributed by atoms with Crippen LogP contribution in [0.5, 0.6) is 5.75 Å². The van der Waals surface area contributed by atoms with E-state index in [1.165, 1.54) is 0 Å². The van der Waals surface area contributed by atoms with Crippen LogP contribution >= 0.6 is 11.6 Å². The van der Waals surface area contributed by atoms with Gasteiger partial charge in [-0.2, -0.15) is 5.26 Å². The highest BCUT2D eigenvalue weighted by Crippen LogP contribution is 2.25. The maximum absolute atomic E-state index is 9.87. The highest BCUT2D eigenvalue weighted by atomic mass is 35.5. The molecule has 0 amide bonds. The molecule has 20 heavy (non-hydrogen) atoms. The summed E-state index contributed by atoms with van der Waals surface area (Å²) < 4.78 is 0. The average Bonchev–Trinajstić information content (AvgIpc) is 2.45. The first kappa shape index (κ1) is 14.4. The Morgan fingerprint density at radius 1 is 1.30 bits per heavy atom. The molecule has 0 saturated carbocycles. The summed E-state index contributed by atoms with van der Waals surface area (Å²) >= 11 is 6.08. The molecule has 0 aromatic heterocycles. The van der Waals surface area contributed by atoms with E-state index in [2.05, 4.69) is 11.4 Å². The van der Waals surface area contributed by atoms with Crippen LogP contribution in [0.4, 0.5) is 0 Å². The standard InChI is InChI=1S/C16H15ClN2O/c1-11-6-7-16(20)13(8-11)15(9-18)19-10-12-4-2-3-5-14(12)17/h2-8,15,19-20H,10H2,1H3. The zero-order valence-corrected chi connectivity index (χ0v) is 11.9. The topological polar surface area (TPSA) is 56.0 Å². The zero-order valence-electron chi connectivity index (χ0n) is 11.1. The van der Waals surface area contributed by atoms with Gasteiger partial charge in [0, 0.05) is 17.1 Å². The molecule has 3 nitrogen and oxygen atoms in total. The molecule has 4 heteroatoms. The fraction of sp³-hybridized carbons (Fsp3) is 0.188. The average molecular weight is 287 g/mol. The normalized spacial score (nSPS) is 11.8. The third-order valence-corrected chi connectivity index (χ3v) is 3.45. The molecule has 1 unspecified atom stereocenters. The van der Waals surface area contributed by atoms with Crippen LogP contribution in [0.1, 0.15) is 22.7 Å². The zero-order chi connectivity index (χ0) is 14.5. The number of rotatable bonds is 4. The molecule has 102 valence electrons. The van der Waals surface area contributed by atoms with Crippen molar-refractivity contribution in [3.63, 3.8) is 0 Å². The smallest absolute Gasteiger partial charge is 0.125 e. The minimum absolute atomic E-state index is 0.119. The van der Waals surface area contributed by atoms with Crippen molar-refractivity contribution in [2.45, 2.75) is 19.5 Å². The number of phenolic OH excluding ortho intramolecular Hbond substituents is 1. The van der Waals surface area contributed by atoms with Gasteiger partial charge in [0.25, 0.3) is 0 Å². The summed E-state index contributed by atoms with van der Waals surface area (Å²) in [5.74, 6) is 0.119. The summed E-state index contributed by atoms with van der Waals surface area (Å²) in [6.07, 6.45) is 0. The number of nitriles is 1. The van der Waals surface area contributed by atoms with Gasteiger partial charge in [0.1, 0.15) is 11.8 Å². The second-order valence-electron chi connectivity index (χ2n) is 4.60. The Bertz CT molecular complexity index is 649. The minimum atomic E-state index is -0.578. The lowest BCUT2D eigenvalue weighted by molar-refractivity contribution is 0.459. The SMILES string of the molecule is Cc1ccc(O)c(C(C#N)NCc2ccccc2Cl)c1. The predicted octanol–water partition coefficient (Wildman–Crippen LogP) is 3.71. The number of nitrogens with one attached hydrogen (secondary N) is 1. The second kappa shape index (κ2) is 6.42. The van der Waals surface area contributed by atoms with E-state index in [1.807, 2.05) is 37.3 Å². The number of aryl methyl sites for hydroxylation is 1. The molecule has 2 aromatic rings. The molecule has 2 aromatic carbocycles. The minimum Gasteiger partial charge on any atom is -0.508 e. The van der Waals surface area contributed by atoms with Gasteiger partial charge < -0.3 is 5.11 Å². The predicted molar refractivity (Wildman–Crippen MR) is 79.5 cm³/mol. The molecule has 0 bridgehead atoms.